The van der Waals surface area contributed by atoms with Gasteiger partial charge in [0.05, 0.1) is 17.1 Å². The molecule has 2 aromatic carbocycles. The molecule has 1 heterocycles. The van der Waals surface area contributed by atoms with Gasteiger partial charge in [0.2, 0.25) is 15.9 Å². The normalized spacial score (nSPS) is 15.0. The fourth-order valence-corrected chi connectivity index (χ4v) is 4.30. The highest BCUT2D eigenvalue weighted by Gasteiger charge is 2.29. The number of piperazine rings is 1. The maximum atomic E-state index is 12.8. The third-order valence-corrected chi connectivity index (χ3v) is 6.13. The monoisotopic (exact) mass is 401 g/mol. The Morgan fingerprint density at radius 3 is 2.57 bits per heavy atom. The van der Waals surface area contributed by atoms with Gasteiger partial charge in [-0.05, 0) is 37.3 Å². The predicted octanol–water partition coefficient (Wildman–Crippen LogP) is 1.26. The topological polar surface area (TPSA) is 113 Å². The molecule has 0 bridgehead atoms. The standard InChI is InChI=1S/C19H19N3O5S/c1-13(23)16-7-2-3-8-17(16)21-19(25)14-5-4-6-15(11-14)28(26,27)22-10-9-20-18(24)12-22/h2-8,11H,9-10,12H2,1H3,(H,20,24)(H,21,25). The summed E-state index contributed by atoms with van der Waals surface area (Å²) >= 11 is 0. The lowest BCUT2D eigenvalue weighted by Crippen LogP contribution is -2.49. The highest BCUT2D eigenvalue weighted by atomic mass is 32.2. The molecule has 3 rings (SSSR count). The summed E-state index contributed by atoms with van der Waals surface area (Å²) in [6.45, 7) is 1.54. The first kappa shape index (κ1) is 19.7. The van der Waals surface area contributed by atoms with E-state index in [4.69, 9.17) is 0 Å². The third-order valence-electron chi connectivity index (χ3n) is 4.29. The van der Waals surface area contributed by atoms with Crippen molar-refractivity contribution in [1.29, 1.82) is 0 Å². The van der Waals surface area contributed by atoms with E-state index in [9.17, 15) is 22.8 Å². The highest BCUT2D eigenvalue weighted by Crippen LogP contribution is 2.20. The van der Waals surface area contributed by atoms with Gasteiger partial charge in [-0.2, -0.15) is 4.31 Å². The minimum absolute atomic E-state index is 0.0743. The summed E-state index contributed by atoms with van der Waals surface area (Å²) < 4.78 is 26.6. The number of hydrogen-bond donors (Lipinski definition) is 2. The SMILES string of the molecule is CC(=O)c1ccccc1NC(=O)c1cccc(S(=O)(=O)N2CCNC(=O)C2)c1. The van der Waals surface area contributed by atoms with E-state index in [0.717, 1.165) is 4.31 Å². The Morgan fingerprint density at radius 1 is 1.11 bits per heavy atom. The van der Waals surface area contributed by atoms with Crippen LogP contribution in [0.2, 0.25) is 0 Å². The first-order valence-electron chi connectivity index (χ1n) is 8.57. The van der Waals surface area contributed by atoms with Crippen LogP contribution < -0.4 is 10.6 Å². The highest BCUT2D eigenvalue weighted by molar-refractivity contribution is 7.89. The van der Waals surface area contributed by atoms with Crippen molar-refractivity contribution < 1.29 is 22.8 Å². The molecule has 2 N–H and O–H groups in total. The van der Waals surface area contributed by atoms with Crippen molar-refractivity contribution in [1.82, 2.24) is 9.62 Å². The van der Waals surface area contributed by atoms with Crippen LogP contribution in [0.5, 0.6) is 0 Å². The fourth-order valence-electron chi connectivity index (χ4n) is 2.86. The second-order valence-corrected chi connectivity index (χ2v) is 8.21. The molecular formula is C19H19N3O5S. The first-order valence-corrected chi connectivity index (χ1v) is 10.0. The van der Waals surface area contributed by atoms with Gasteiger partial charge in [-0.1, -0.05) is 18.2 Å². The number of carbonyl (C=O) groups is 3. The number of amides is 2. The number of benzene rings is 2. The van der Waals surface area contributed by atoms with E-state index in [1.165, 1.54) is 31.2 Å². The molecule has 0 saturated carbocycles. The number of Topliss-reactive ketones (excluding diaryl/α,β-unsaturated/α-hetero) is 1. The molecule has 2 aromatic rings. The van der Waals surface area contributed by atoms with Crippen molar-refractivity contribution in [3.8, 4) is 0 Å². The Bertz CT molecular complexity index is 1050. The largest absolute Gasteiger partial charge is 0.354 e. The summed E-state index contributed by atoms with van der Waals surface area (Å²) in [5.74, 6) is -1.11. The number of sulfonamides is 1. The lowest BCUT2D eigenvalue weighted by atomic mass is 10.1. The average molecular weight is 401 g/mol. The van der Waals surface area contributed by atoms with Gasteiger partial charge in [0, 0.05) is 24.2 Å². The quantitative estimate of drug-likeness (QED) is 0.733. The minimum Gasteiger partial charge on any atom is -0.354 e. The van der Waals surface area contributed by atoms with Crippen LogP contribution in [-0.4, -0.2) is 50.0 Å². The molecule has 0 atom stereocenters. The number of nitrogens with zero attached hydrogens (tertiary/aromatic N) is 1. The number of ketones is 1. The Labute approximate surface area is 162 Å². The first-order chi connectivity index (χ1) is 13.3. The van der Waals surface area contributed by atoms with Crippen molar-refractivity contribution in [3.05, 3.63) is 59.7 Å². The van der Waals surface area contributed by atoms with Gasteiger partial charge in [0.1, 0.15) is 0 Å². The smallest absolute Gasteiger partial charge is 0.255 e. The van der Waals surface area contributed by atoms with E-state index in [1.54, 1.807) is 24.3 Å². The van der Waals surface area contributed by atoms with Gasteiger partial charge in [0.15, 0.2) is 5.78 Å². The number of rotatable bonds is 5. The molecule has 28 heavy (non-hydrogen) atoms. The summed E-state index contributed by atoms with van der Waals surface area (Å²) in [7, 11) is -3.91. The molecule has 146 valence electrons. The molecule has 0 unspecified atom stereocenters. The van der Waals surface area contributed by atoms with Gasteiger partial charge in [-0.25, -0.2) is 8.42 Å². The van der Waals surface area contributed by atoms with Crippen molar-refractivity contribution in [2.75, 3.05) is 25.0 Å². The Kier molecular flexibility index (Phi) is 5.57. The molecule has 2 amide bonds. The van der Waals surface area contributed by atoms with Gasteiger partial charge in [-0.15, -0.1) is 0 Å². The van der Waals surface area contributed by atoms with Crippen molar-refractivity contribution >= 4 is 33.3 Å². The number of nitrogens with one attached hydrogen (secondary N) is 2. The van der Waals surface area contributed by atoms with Crippen LogP contribution >= 0.6 is 0 Å². The Hall–Kier alpha value is -3.04. The summed E-state index contributed by atoms with van der Waals surface area (Å²) in [4.78, 5) is 35.7. The molecule has 1 fully saturated rings. The van der Waals surface area contributed by atoms with Crippen LogP contribution in [0.4, 0.5) is 5.69 Å². The van der Waals surface area contributed by atoms with Gasteiger partial charge < -0.3 is 10.6 Å². The van der Waals surface area contributed by atoms with Crippen molar-refractivity contribution in [2.24, 2.45) is 0 Å². The molecule has 9 heteroatoms. The van der Waals surface area contributed by atoms with Gasteiger partial charge in [0.25, 0.3) is 5.91 Å². The Balaban J connectivity index is 1.86. The lowest BCUT2D eigenvalue weighted by Gasteiger charge is -2.26. The molecular weight excluding hydrogens is 382 g/mol. The van der Waals surface area contributed by atoms with Crippen molar-refractivity contribution in [2.45, 2.75) is 11.8 Å². The maximum absolute atomic E-state index is 12.8. The van der Waals surface area contributed by atoms with Crippen LogP contribution in [0.25, 0.3) is 0 Å². The van der Waals surface area contributed by atoms with Crippen LogP contribution in [-0.2, 0) is 14.8 Å². The number of para-hydroxylation sites is 1. The zero-order valence-electron chi connectivity index (χ0n) is 15.1. The number of hydrogen-bond acceptors (Lipinski definition) is 5. The summed E-state index contributed by atoms with van der Waals surface area (Å²) in [6.07, 6.45) is 0. The molecule has 8 nitrogen and oxygen atoms in total. The maximum Gasteiger partial charge on any atom is 0.255 e. The second kappa shape index (κ2) is 7.91. The predicted molar refractivity (Wildman–Crippen MR) is 103 cm³/mol. The second-order valence-electron chi connectivity index (χ2n) is 6.27. The van der Waals surface area contributed by atoms with Crippen LogP contribution in [0.3, 0.4) is 0 Å². The van der Waals surface area contributed by atoms with E-state index in [1.807, 2.05) is 0 Å². The zero-order valence-corrected chi connectivity index (χ0v) is 16.0. The molecule has 1 aliphatic heterocycles. The lowest BCUT2D eigenvalue weighted by molar-refractivity contribution is -0.122. The van der Waals surface area contributed by atoms with Crippen LogP contribution in [0.15, 0.2) is 53.4 Å². The molecule has 1 aliphatic rings. The molecule has 0 radical (unpaired) electrons. The fraction of sp³-hybridized carbons (Fsp3) is 0.211. The van der Waals surface area contributed by atoms with Gasteiger partial charge >= 0.3 is 0 Å². The van der Waals surface area contributed by atoms with E-state index >= 15 is 0 Å². The molecule has 0 spiro atoms. The zero-order chi connectivity index (χ0) is 20.3. The summed E-state index contributed by atoms with van der Waals surface area (Å²) in [6, 6.07) is 12.1. The Morgan fingerprint density at radius 2 is 1.86 bits per heavy atom. The van der Waals surface area contributed by atoms with E-state index in [-0.39, 0.29) is 41.8 Å². The van der Waals surface area contributed by atoms with Gasteiger partial charge in [-0.3, -0.25) is 14.4 Å². The summed E-state index contributed by atoms with van der Waals surface area (Å²) in [5, 5.41) is 5.21. The third kappa shape index (κ3) is 4.10. The van der Waals surface area contributed by atoms with E-state index < -0.39 is 15.9 Å². The number of anilines is 1. The summed E-state index contributed by atoms with van der Waals surface area (Å²) in [5.41, 5.74) is 0.834. The molecule has 0 aliphatic carbocycles. The van der Waals surface area contributed by atoms with Crippen molar-refractivity contribution in [3.63, 3.8) is 0 Å². The van der Waals surface area contributed by atoms with E-state index in [2.05, 4.69) is 10.6 Å². The van der Waals surface area contributed by atoms with Crippen LogP contribution in [0.1, 0.15) is 27.6 Å². The number of carbonyl (C=O) groups excluding carboxylic acids is 3. The van der Waals surface area contributed by atoms with Crippen LogP contribution in [0, 0.1) is 0 Å². The average Bonchev–Trinajstić information content (AvgIpc) is 2.68. The minimum atomic E-state index is -3.91. The van der Waals surface area contributed by atoms with E-state index in [0.29, 0.717) is 11.3 Å². The molecule has 0 aromatic heterocycles. The molecule has 1 saturated heterocycles.